The molecule has 1 amide bonds. The lowest BCUT2D eigenvalue weighted by molar-refractivity contribution is -0.123. The van der Waals surface area contributed by atoms with Crippen molar-refractivity contribution in [2.24, 2.45) is 11.1 Å². The maximum Gasteiger partial charge on any atom is 0.255 e. The van der Waals surface area contributed by atoms with Gasteiger partial charge in [-0.2, -0.15) is 0 Å². The fraction of sp³-hybridized carbons (Fsp3) is 0.667. The Balaban J connectivity index is -0.000000595. The molecule has 0 bridgehead atoms. The highest BCUT2D eigenvalue weighted by Crippen LogP contribution is 2.39. The lowest BCUT2D eigenvalue weighted by atomic mass is 9.73. The summed E-state index contributed by atoms with van der Waals surface area (Å²) in [7, 11) is 0. The zero-order chi connectivity index (χ0) is 19.1. The molecule has 5 heteroatoms. The van der Waals surface area contributed by atoms with Crippen LogP contribution in [0.2, 0.25) is 0 Å². The van der Waals surface area contributed by atoms with Gasteiger partial charge in [0.05, 0.1) is 12.9 Å². The third kappa shape index (κ3) is 9.76. The largest absolute Gasteiger partial charge is 0.511 e. The number of amides is 1. The summed E-state index contributed by atoms with van der Waals surface area (Å²) >= 11 is 0. The molecule has 0 heterocycles. The van der Waals surface area contributed by atoms with Crippen LogP contribution in [0.1, 0.15) is 67.7 Å². The predicted octanol–water partition coefficient (Wildman–Crippen LogP) is 4.28. The minimum atomic E-state index is -0.864. The number of ether oxygens (including phenoxy) is 1. The van der Waals surface area contributed by atoms with Gasteiger partial charge in [0.15, 0.2) is 5.78 Å². The summed E-state index contributed by atoms with van der Waals surface area (Å²) in [5.74, 6) is -1.48. The number of hydrogen-bond acceptors (Lipinski definition) is 4. The monoisotopic (exact) mass is 329 g/mol. The molecule has 5 nitrogen and oxygen atoms in total. The van der Waals surface area contributed by atoms with E-state index in [4.69, 9.17) is 10.5 Å². The van der Waals surface area contributed by atoms with Crippen molar-refractivity contribution < 1.29 is 19.4 Å². The highest BCUT2D eigenvalue weighted by Gasteiger charge is 2.38. The number of Topliss-reactive ketones (excluding diaryl/α,β-unsaturated/α-hetero) is 1. The number of primary amides is 1. The molecule has 0 aromatic heterocycles. The molecule has 1 rings (SSSR count). The zero-order valence-corrected chi connectivity index (χ0v) is 15.9. The van der Waals surface area contributed by atoms with Crippen LogP contribution in [0.3, 0.4) is 0 Å². The van der Waals surface area contributed by atoms with Crippen molar-refractivity contribution in [3.05, 3.63) is 24.2 Å². The summed E-state index contributed by atoms with van der Waals surface area (Å²) in [6.07, 6.45) is 2.38. The number of ketones is 1. The molecule has 0 saturated heterocycles. The lowest BCUT2D eigenvalue weighted by Gasteiger charge is -2.32. The molecule has 1 unspecified atom stereocenters. The Kier molecular flexibility index (Phi) is 17.2. The van der Waals surface area contributed by atoms with Crippen LogP contribution in [0.5, 0.6) is 0 Å². The van der Waals surface area contributed by atoms with Crippen LogP contribution in [-0.4, -0.2) is 23.4 Å². The quantitative estimate of drug-likeness (QED) is 0.447. The van der Waals surface area contributed by atoms with E-state index in [1.54, 1.807) is 0 Å². The first-order chi connectivity index (χ1) is 10.9. The Labute approximate surface area is 141 Å². The van der Waals surface area contributed by atoms with Crippen LogP contribution < -0.4 is 5.73 Å². The molecule has 0 fully saturated rings. The Morgan fingerprint density at radius 3 is 2.09 bits per heavy atom. The van der Waals surface area contributed by atoms with Gasteiger partial charge in [-0.05, 0) is 11.8 Å². The molecule has 0 radical (unpaired) electrons. The summed E-state index contributed by atoms with van der Waals surface area (Å²) in [6.45, 7) is 17.7. The van der Waals surface area contributed by atoms with Crippen LogP contribution in [0.25, 0.3) is 0 Å². The van der Waals surface area contributed by atoms with Crippen molar-refractivity contribution in [2.45, 2.75) is 67.7 Å². The van der Waals surface area contributed by atoms with Gasteiger partial charge < -0.3 is 15.6 Å². The van der Waals surface area contributed by atoms with Crippen LogP contribution in [0.15, 0.2) is 24.2 Å². The molecule has 1 atom stereocenters. The Bertz CT molecular complexity index is 388. The van der Waals surface area contributed by atoms with Crippen LogP contribution in [0.4, 0.5) is 0 Å². The van der Waals surface area contributed by atoms with Crippen LogP contribution >= 0.6 is 0 Å². The van der Waals surface area contributed by atoms with Gasteiger partial charge in [0.2, 0.25) is 0 Å². The van der Waals surface area contributed by atoms with Crippen molar-refractivity contribution in [3.63, 3.8) is 0 Å². The Hall–Kier alpha value is -1.78. The fourth-order valence-electron chi connectivity index (χ4n) is 2.04. The molecule has 136 valence electrons. The molecule has 3 N–H and O–H groups in total. The highest BCUT2D eigenvalue weighted by atomic mass is 16.5. The predicted molar refractivity (Wildman–Crippen MR) is 96.0 cm³/mol. The third-order valence-corrected chi connectivity index (χ3v) is 2.94. The SMILES string of the molecule is C=COCCC1(C)CC(=O)C(C(N)=O)=C(O)C1.CC.CC.CC. The number of rotatable bonds is 5. The second-order valence-electron chi connectivity index (χ2n) is 4.56. The average Bonchev–Trinajstić information content (AvgIpc) is 2.52. The summed E-state index contributed by atoms with van der Waals surface area (Å²) in [4.78, 5) is 22.7. The van der Waals surface area contributed by atoms with E-state index >= 15 is 0 Å². The molecule has 0 aromatic rings. The van der Waals surface area contributed by atoms with E-state index in [0.29, 0.717) is 13.0 Å². The number of aliphatic hydroxyl groups is 1. The normalized spacial score (nSPS) is 19.0. The highest BCUT2D eigenvalue weighted by molar-refractivity contribution is 6.19. The summed E-state index contributed by atoms with van der Waals surface area (Å²) in [6, 6.07) is 0. The smallest absolute Gasteiger partial charge is 0.255 e. The number of allylic oxidation sites excluding steroid dienone is 1. The van der Waals surface area contributed by atoms with E-state index < -0.39 is 17.1 Å². The first kappa shape index (κ1) is 26.1. The maximum absolute atomic E-state index is 11.7. The van der Waals surface area contributed by atoms with Gasteiger partial charge in [-0.3, -0.25) is 9.59 Å². The minimum absolute atomic E-state index is 0.190. The third-order valence-electron chi connectivity index (χ3n) is 2.94. The van der Waals surface area contributed by atoms with Gasteiger partial charge in [-0.1, -0.05) is 55.0 Å². The zero-order valence-electron chi connectivity index (χ0n) is 15.9. The first-order valence-corrected chi connectivity index (χ1v) is 8.37. The first-order valence-electron chi connectivity index (χ1n) is 8.37. The van der Waals surface area contributed by atoms with E-state index in [-0.39, 0.29) is 24.2 Å². The maximum atomic E-state index is 11.7. The number of carbonyl (C=O) groups excluding carboxylic acids is 2. The van der Waals surface area contributed by atoms with Gasteiger partial charge in [0.1, 0.15) is 11.3 Å². The van der Waals surface area contributed by atoms with Crippen molar-refractivity contribution in [1.29, 1.82) is 0 Å². The molecule has 0 aromatic carbocycles. The Morgan fingerprint density at radius 2 is 1.74 bits per heavy atom. The standard InChI is InChI=1S/C12H17NO4.3C2H6/c1-3-17-5-4-12(2)6-8(14)10(11(13)16)9(15)7-12;3*1-2/h3,14H,1,4-7H2,2H3,(H2,13,16);3*1-2H3. The van der Waals surface area contributed by atoms with E-state index in [9.17, 15) is 14.7 Å². The number of carbonyl (C=O) groups is 2. The number of nitrogens with two attached hydrogens (primary N) is 1. The van der Waals surface area contributed by atoms with Crippen molar-refractivity contribution in [3.8, 4) is 0 Å². The molecule has 1 aliphatic carbocycles. The summed E-state index contributed by atoms with van der Waals surface area (Å²) in [5, 5.41) is 9.70. The molecular weight excluding hydrogens is 294 g/mol. The van der Waals surface area contributed by atoms with E-state index in [1.165, 1.54) is 6.26 Å². The summed E-state index contributed by atoms with van der Waals surface area (Å²) < 4.78 is 5.01. The molecule has 1 aliphatic rings. The van der Waals surface area contributed by atoms with Gasteiger partial charge in [0.25, 0.3) is 5.91 Å². The van der Waals surface area contributed by atoms with E-state index in [1.807, 2.05) is 48.5 Å². The second-order valence-corrected chi connectivity index (χ2v) is 4.56. The van der Waals surface area contributed by atoms with Crippen molar-refractivity contribution in [1.82, 2.24) is 0 Å². The van der Waals surface area contributed by atoms with Crippen LogP contribution in [-0.2, 0) is 14.3 Å². The van der Waals surface area contributed by atoms with Gasteiger partial charge >= 0.3 is 0 Å². The minimum Gasteiger partial charge on any atom is -0.511 e. The van der Waals surface area contributed by atoms with Gasteiger partial charge in [0, 0.05) is 12.8 Å². The van der Waals surface area contributed by atoms with Crippen molar-refractivity contribution in [2.75, 3.05) is 6.61 Å². The van der Waals surface area contributed by atoms with Gasteiger partial charge in [-0.25, -0.2) is 0 Å². The Morgan fingerprint density at radius 1 is 1.26 bits per heavy atom. The van der Waals surface area contributed by atoms with Crippen LogP contribution in [0, 0.1) is 5.41 Å². The van der Waals surface area contributed by atoms with E-state index in [0.717, 1.165) is 0 Å². The molecule has 23 heavy (non-hydrogen) atoms. The topological polar surface area (TPSA) is 89.6 Å². The molecule has 0 spiro atoms. The number of hydrogen-bond donors (Lipinski definition) is 2. The molecule has 0 saturated carbocycles. The number of aliphatic hydroxyl groups excluding tert-OH is 1. The lowest BCUT2D eigenvalue weighted by Crippen LogP contribution is -2.34. The fourth-order valence-corrected chi connectivity index (χ4v) is 2.04. The second kappa shape index (κ2) is 15.1. The summed E-state index contributed by atoms with van der Waals surface area (Å²) in [5.41, 5.74) is 4.39. The van der Waals surface area contributed by atoms with E-state index in [2.05, 4.69) is 6.58 Å². The van der Waals surface area contributed by atoms with Crippen molar-refractivity contribution >= 4 is 11.7 Å². The molecule has 0 aliphatic heterocycles. The average molecular weight is 329 g/mol. The van der Waals surface area contributed by atoms with Gasteiger partial charge in [-0.15, -0.1) is 0 Å². The molecular formula is C18H35NO4.